The molecule has 8 nitrogen and oxygen atoms in total. The normalized spacial score (nSPS) is 20.7. The fourth-order valence-electron chi connectivity index (χ4n) is 5.27. The molecule has 2 saturated heterocycles. The number of nitrogens with zero attached hydrogens (tertiary/aromatic N) is 7. The van der Waals surface area contributed by atoms with Crippen molar-refractivity contribution in [2.24, 2.45) is 0 Å². The number of halogens is 3. The van der Waals surface area contributed by atoms with Gasteiger partial charge in [-0.05, 0) is 55.0 Å². The highest BCUT2D eigenvalue weighted by Gasteiger charge is 2.35. The van der Waals surface area contributed by atoms with E-state index >= 15 is 4.39 Å². The molecule has 0 N–H and O–H groups in total. The summed E-state index contributed by atoms with van der Waals surface area (Å²) in [5.41, 5.74) is 1.69. The zero-order valence-corrected chi connectivity index (χ0v) is 22.4. The van der Waals surface area contributed by atoms with E-state index in [4.69, 9.17) is 21.6 Å². The molecule has 1 amide bonds. The van der Waals surface area contributed by atoms with Crippen LogP contribution in [0.2, 0.25) is 5.02 Å². The fraction of sp³-hybridized carbons (Fsp3) is 0.440. The molecule has 2 aliphatic heterocycles. The Morgan fingerprint density at radius 3 is 2.83 bits per heavy atom. The fourth-order valence-corrected chi connectivity index (χ4v) is 5.76. The average molecular weight is 575 g/mol. The van der Waals surface area contributed by atoms with Crippen LogP contribution in [0.5, 0.6) is 0 Å². The summed E-state index contributed by atoms with van der Waals surface area (Å²) in [6, 6.07) is 4.05. The summed E-state index contributed by atoms with van der Waals surface area (Å²) in [4.78, 5) is 27.9. The average Bonchev–Trinajstić information content (AvgIpc) is 3.27. The maximum absolute atomic E-state index is 15.4. The van der Waals surface area contributed by atoms with Gasteiger partial charge in [-0.2, -0.15) is 5.26 Å². The van der Waals surface area contributed by atoms with E-state index < -0.39 is 5.82 Å². The lowest BCUT2D eigenvalue weighted by molar-refractivity contribution is -0.130. The minimum atomic E-state index is -0.508. The minimum Gasteiger partial charge on any atom is -0.351 e. The molecule has 5 rings (SSSR count). The lowest BCUT2D eigenvalue weighted by Crippen LogP contribution is -2.57. The molecule has 2 aromatic heterocycles. The van der Waals surface area contributed by atoms with Gasteiger partial charge >= 0.3 is 0 Å². The van der Waals surface area contributed by atoms with Gasteiger partial charge in [0.25, 0.3) is 0 Å². The molecule has 4 heterocycles. The number of likely N-dealkylation sites (tertiary alicyclic amines) is 1. The first-order valence-corrected chi connectivity index (χ1v) is 13.0. The van der Waals surface area contributed by atoms with E-state index in [0.29, 0.717) is 42.1 Å². The zero-order chi connectivity index (χ0) is 25.7. The number of imidazole rings is 1. The maximum Gasteiger partial charge on any atom is 0.246 e. The van der Waals surface area contributed by atoms with Crippen molar-refractivity contribution in [1.82, 2.24) is 24.3 Å². The predicted octanol–water partition coefficient (Wildman–Crippen LogP) is 4.52. The molecule has 36 heavy (non-hydrogen) atoms. The Balaban J connectivity index is 1.64. The van der Waals surface area contributed by atoms with Gasteiger partial charge in [-0.3, -0.25) is 4.79 Å². The number of hydrogen-bond acceptors (Lipinski definition) is 6. The first-order chi connectivity index (χ1) is 17.2. The van der Waals surface area contributed by atoms with Crippen molar-refractivity contribution >= 4 is 61.2 Å². The Kier molecular flexibility index (Phi) is 6.66. The molecule has 11 heteroatoms. The molecule has 0 saturated carbocycles. The van der Waals surface area contributed by atoms with Crippen LogP contribution in [0.1, 0.15) is 25.3 Å². The number of pyridine rings is 1. The van der Waals surface area contributed by atoms with Crippen molar-refractivity contribution < 1.29 is 9.18 Å². The molecule has 0 spiro atoms. The van der Waals surface area contributed by atoms with E-state index in [0.717, 1.165) is 18.6 Å². The Labute approximate surface area is 222 Å². The summed E-state index contributed by atoms with van der Waals surface area (Å²) in [6.45, 7) is 5.64. The van der Waals surface area contributed by atoms with Gasteiger partial charge in [-0.25, -0.2) is 14.4 Å². The Morgan fingerprint density at radius 1 is 1.42 bits per heavy atom. The standard InChI is InChI=1S/C25H26BrClFN7O/c1-4-19(36)34-8-6-15(9-14(34)5-7-29)35-13-30-23-24(35)17-10-18(27)20(26)21(28)22(17)31-25(23)33-11-16(12-33)32(2)3/h4,10,13-16H,1,5-6,8-9,11-12H2,2-3H3/t14-,15+/m1/s1. The lowest BCUT2D eigenvalue weighted by atomic mass is 9.94. The molecule has 0 aliphatic carbocycles. The highest BCUT2D eigenvalue weighted by atomic mass is 79.9. The first kappa shape index (κ1) is 24.9. The second kappa shape index (κ2) is 9.61. The second-order valence-electron chi connectivity index (χ2n) is 9.62. The van der Waals surface area contributed by atoms with Gasteiger partial charge in [0, 0.05) is 43.1 Å². The van der Waals surface area contributed by atoms with Gasteiger partial charge in [-0.1, -0.05) is 18.2 Å². The number of aromatic nitrogens is 3. The molecule has 188 valence electrons. The van der Waals surface area contributed by atoms with Crippen LogP contribution >= 0.6 is 27.5 Å². The van der Waals surface area contributed by atoms with Gasteiger partial charge in [0.15, 0.2) is 11.6 Å². The molecule has 0 unspecified atom stereocenters. The molecule has 0 radical (unpaired) electrons. The number of hydrogen-bond donors (Lipinski definition) is 0. The van der Waals surface area contributed by atoms with Crippen molar-refractivity contribution in [2.45, 2.75) is 37.4 Å². The number of likely N-dealkylation sites (N-methyl/N-ethyl adjacent to an activating group) is 1. The number of rotatable bonds is 5. The first-order valence-electron chi connectivity index (χ1n) is 11.8. The van der Waals surface area contributed by atoms with E-state index in [2.05, 4.69) is 42.9 Å². The third kappa shape index (κ3) is 4.03. The van der Waals surface area contributed by atoms with Crippen LogP contribution in [-0.4, -0.2) is 76.1 Å². The minimum absolute atomic E-state index is 0.0305. The molecule has 2 aliphatic rings. The van der Waals surface area contributed by atoms with Crippen LogP contribution in [0.15, 0.2) is 29.5 Å². The van der Waals surface area contributed by atoms with Gasteiger partial charge in [0.1, 0.15) is 11.0 Å². The second-order valence-corrected chi connectivity index (χ2v) is 10.8. The third-order valence-electron chi connectivity index (χ3n) is 7.37. The number of anilines is 1. The Hall–Kier alpha value is -2.74. The molecule has 3 aromatic rings. The van der Waals surface area contributed by atoms with E-state index in [1.807, 2.05) is 14.1 Å². The summed E-state index contributed by atoms with van der Waals surface area (Å²) < 4.78 is 17.7. The van der Waals surface area contributed by atoms with E-state index in [-0.39, 0.29) is 39.4 Å². The number of fused-ring (bicyclic) bond motifs is 3. The van der Waals surface area contributed by atoms with Crippen molar-refractivity contribution in [3.8, 4) is 6.07 Å². The quantitative estimate of drug-likeness (QED) is 0.329. The summed E-state index contributed by atoms with van der Waals surface area (Å²) in [7, 11) is 4.08. The van der Waals surface area contributed by atoms with Crippen LogP contribution in [0.25, 0.3) is 21.9 Å². The number of amides is 1. The van der Waals surface area contributed by atoms with Crippen molar-refractivity contribution in [1.29, 1.82) is 5.26 Å². The van der Waals surface area contributed by atoms with Gasteiger partial charge in [0.2, 0.25) is 5.91 Å². The van der Waals surface area contributed by atoms with Crippen molar-refractivity contribution in [3.63, 3.8) is 0 Å². The SMILES string of the molecule is C=CC(=O)N1CC[C@H](n2cnc3c(N4CC(N(C)C)C4)nc4c(F)c(Br)c(Cl)cc4c32)C[C@H]1CC#N. The number of benzene rings is 1. The summed E-state index contributed by atoms with van der Waals surface area (Å²) >= 11 is 9.64. The van der Waals surface area contributed by atoms with Crippen LogP contribution in [-0.2, 0) is 4.79 Å². The van der Waals surface area contributed by atoms with Crippen molar-refractivity contribution in [3.05, 3.63) is 40.4 Å². The topological polar surface area (TPSA) is 81.3 Å². The number of nitriles is 1. The van der Waals surface area contributed by atoms with Gasteiger partial charge < -0.3 is 19.3 Å². The van der Waals surface area contributed by atoms with Gasteiger partial charge in [0.05, 0.1) is 33.8 Å². The summed E-state index contributed by atoms with van der Waals surface area (Å²) in [5, 5.41) is 10.2. The molecular formula is C25H26BrClFN7O. The Bertz CT molecular complexity index is 1410. The molecule has 2 atom stereocenters. The smallest absolute Gasteiger partial charge is 0.246 e. The van der Waals surface area contributed by atoms with E-state index in [9.17, 15) is 10.1 Å². The number of carbonyl (C=O) groups excluding carboxylic acids is 1. The van der Waals surface area contributed by atoms with Crippen LogP contribution in [0.3, 0.4) is 0 Å². The highest BCUT2D eigenvalue weighted by molar-refractivity contribution is 9.10. The summed E-state index contributed by atoms with van der Waals surface area (Å²) in [5.74, 6) is -0.0322. The largest absolute Gasteiger partial charge is 0.351 e. The number of carbonyl (C=O) groups is 1. The van der Waals surface area contributed by atoms with Crippen LogP contribution in [0, 0.1) is 17.1 Å². The van der Waals surface area contributed by atoms with E-state index in [1.165, 1.54) is 6.08 Å². The molecule has 0 bridgehead atoms. The highest BCUT2D eigenvalue weighted by Crippen LogP contribution is 2.41. The maximum atomic E-state index is 15.4. The van der Waals surface area contributed by atoms with Crippen LogP contribution < -0.4 is 4.90 Å². The lowest BCUT2D eigenvalue weighted by Gasteiger charge is -2.43. The molecule has 2 fully saturated rings. The van der Waals surface area contributed by atoms with E-state index in [1.54, 1.807) is 17.3 Å². The molecular weight excluding hydrogens is 549 g/mol. The van der Waals surface area contributed by atoms with Crippen molar-refractivity contribution in [2.75, 3.05) is 38.6 Å². The predicted molar refractivity (Wildman–Crippen MR) is 142 cm³/mol. The Morgan fingerprint density at radius 2 is 2.17 bits per heavy atom. The third-order valence-corrected chi connectivity index (χ3v) is 8.67. The van der Waals surface area contributed by atoms with Gasteiger partial charge in [-0.15, -0.1) is 0 Å². The molecule has 1 aromatic carbocycles. The zero-order valence-electron chi connectivity index (χ0n) is 20.1. The monoisotopic (exact) mass is 573 g/mol. The summed E-state index contributed by atoms with van der Waals surface area (Å²) in [6.07, 6.45) is 4.54. The van der Waals surface area contributed by atoms with Crippen LogP contribution in [0.4, 0.5) is 10.2 Å². The number of piperidine rings is 1.